The van der Waals surface area contributed by atoms with E-state index in [0.29, 0.717) is 48.1 Å². The summed E-state index contributed by atoms with van der Waals surface area (Å²) in [5.41, 5.74) is 1.86. The summed E-state index contributed by atoms with van der Waals surface area (Å²) in [4.78, 5) is 20.8. The Balaban J connectivity index is 1.70. The molecule has 1 aromatic heterocycles. The van der Waals surface area contributed by atoms with Crippen LogP contribution in [0.15, 0.2) is 30.5 Å². The van der Waals surface area contributed by atoms with E-state index in [2.05, 4.69) is 11.1 Å². The Labute approximate surface area is 157 Å². The molecule has 0 N–H and O–H groups in total. The lowest BCUT2D eigenvalue weighted by Gasteiger charge is -2.36. The molecule has 134 valence electrons. The third-order valence-electron chi connectivity index (χ3n) is 4.57. The fraction of sp³-hybridized carbons (Fsp3) is 0.316. The number of ether oxygens (including phenoxy) is 1. The maximum absolute atomic E-state index is 12.6. The molecule has 1 aliphatic heterocycles. The topological polar surface area (TPSA) is 69.5 Å². The van der Waals surface area contributed by atoms with Gasteiger partial charge in [-0.05, 0) is 36.8 Å². The lowest BCUT2D eigenvalue weighted by Crippen LogP contribution is -2.49. The summed E-state index contributed by atoms with van der Waals surface area (Å²) in [7, 11) is 1.60. The predicted octanol–water partition coefficient (Wildman–Crippen LogP) is 2.89. The first-order valence-electron chi connectivity index (χ1n) is 8.28. The van der Waals surface area contributed by atoms with Gasteiger partial charge < -0.3 is 14.5 Å². The van der Waals surface area contributed by atoms with Gasteiger partial charge >= 0.3 is 0 Å². The van der Waals surface area contributed by atoms with Gasteiger partial charge in [0.05, 0.1) is 17.7 Å². The van der Waals surface area contributed by atoms with Crippen LogP contribution < -0.4 is 9.64 Å². The molecule has 0 spiro atoms. The summed E-state index contributed by atoms with van der Waals surface area (Å²) in [5.74, 6) is 1.35. The molecule has 0 bridgehead atoms. The van der Waals surface area contributed by atoms with Gasteiger partial charge in [0.25, 0.3) is 5.91 Å². The molecule has 1 aliphatic rings. The molecule has 3 rings (SSSR count). The second kappa shape index (κ2) is 7.63. The van der Waals surface area contributed by atoms with E-state index in [-0.39, 0.29) is 5.91 Å². The zero-order valence-corrected chi connectivity index (χ0v) is 15.5. The van der Waals surface area contributed by atoms with Gasteiger partial charge in [-0.15, -0.1) is 0 Å². The molecule has 0 atom stereocenters. The smallest absolute Gasteiger partial charge is 0.253 e. The number of amides is 1. The number of carbonyl (C=O) groups is 1. The van der Waals surface area contributed by atoms with Crippen molar-refractivity contribution in [3.05, 3.63) is 52.2 Å². The third kappa shape index (κ3) is 3.44. The number of hydrogen-bond donors (Lipinski definition) is 0. The van der Waals surface area contributed by atoms with Crippen molar-refractivity contribution >= 4 is 23.3 Å². The Morgan fingerprint density at radius 3 is 2.46 bits per heavy atom. The molecule has 0 aliphatic carbocycles. The molecule has 2 aromatic rings. The summed E-state index contributed by atoms with van der Waals surface area (Å²) in [6, 6.07) is 9.29. The molecule has 26 heavy (non-hydrogen) atoms. The third-order valence-corrected chi connectivity index (χ3v) is 4.95. The Morgan fingerprint density at radius 1 is 1.23 bits per heavy atom. The maximum atomic E-state index is 12.6. The van der Waals surface area contributed by atoms with Gasteiger partial charge in [0.15, 0.2) is 0 Å². The Bertz CT molecular complexity index is 853. The van der Waals surface area contributed by atoms with Crippen LogP contribution in [-0.2, 0) is 0 Å². The zero-order valence-electron chi connectivity index (χ0n) is 14.7. The van der Waals surface area contributed by atoms with E-state index in [1.807, 2.05) is 16.7 Å². The second-order valence-corrected chi connectivity index (χ2v) is 6.46. The fourth-order valence-electron chi connectivity index (χ4n) is 2.98. The minimum absolute atomic E-state index is 0.00643. The number of nitriles is 1. The van der Waals surface area contributed by atoms with Crippen molar-refractivity contribution in [2.24, 2.45) is 0 Å². The van der Waals surface area contributed by atoms with Gasteiger partial charge in [-0.3, -0.25) is 4.79 Å². The number of rotatable bonds is 3. The molecule has 0 radical (unpaired) electrons. The minimum Gasteiger partial charge on any atom is -0.497 e. The normalized spacial score (nSPS) is 14.1. The number of hydrogen-bond acceptors (Lipinski definition) is 5. The van der Waals surface area contributed by atoms with Crippen LogP contribution >= 0.6 is 11.6 Å². The second-order valence-electron chi connectivity index (χ2n) is 6.05. The Morgan fingerprint density at radius 2 is 1.88 bits per heavy atom. The average Bonchev–Trinajstić information content (AvgIpc) is 2.69. The van der Waals surface area contributed by atoms with Gasteiger partial charge in [0.1, 0.15) is 17.6 Å². The highest BCUT2D eigenvalue weighted by Crippen LogP contribution is 2.26. The van der Waals surface area contributed by atoms with Crippen molar-refractivity contribution in [2.75, 3.05) is 38.2 Å². The number of anilines is 1. The first kappa shape index (κ1) is 18.0. The van der Waals surface area contributed by atoms with E-state index in [0.717, 1.165) is 11.3 Å². The molecule has 1 amide bonds. The molecule has 0 unspecified atom stereocenters. The van der Waals surface area contributed by atoms with Crippen molar-refractivity contribution in [2.45, 2.75) is 6.92 Å². The van der Waals surface area contributed by atoms with Crippen molar-refractivity contribution < 1.29 is 9.53 Å². The van der Waals surface area contributed by atoms with Crippen LogP contribution in [0.5, 0.6) is 5.75 Å². The predicted molar refractivity (Wildman–Crippen MR) is 99.8 cm³/mol. The number of carbonyl (C=O) groups excluding carboxylic acids is 1. The molecule has 0 saturated carbocycles. The Kier molecular flexibility index (Phi) is 5.29. The highest BCUT2D eigenvalue weighted by atomic mass is 35.5. The number of pyridine rings is 1. The van der Waals surface area contributed by atoms with Gasteiger partial charge in [-0.2, -0.15) is 5.26 Å². The summed E-state index contributed by atoms with van der Waals surface area (Å²) < 4.78 is 5.12. The van der Waals surface area contributed by atoms with Crippen LogP contribution in [0.3, 0.4) is 0 Å². The minimum atomic E-state index is -0.00643. The summed E-state index contributed by atoms with van der Waals surface area (Å²) in [6.45, 7) is 4.18. The zero-order chi connectivity index (χ0) is 18.7. The van der Waals surface area contributed by atoms with E-state index >= 15 is 0 Å². The number of methoxy groups -OCH3 is 1. The molecule has 1 fully saturated rings. The summed E-state index contributed by atoms with van der Waals surface area (Å²) >= 11 is 6.06. The van der Waals surface area contributed by atoms with E-state index in [1.165, 1.54) is 0 Å². The standard InChI is InChI=1S/C19H19ClN4O2/c1-13-16(11-21)18(22-12-17(13)20)23-7-9-24(10-8-23)19(25)14-3-5-15(26-2)6-4-14/h3-6,12H,7-10H2,1-2H3. The van der Waals surface area contributed by atoms with Gasteiger partial charge in [0.2, 0.25) is 0 Å². The quantitative estimate of drug-likeness (QED) is 0.830. The number of aromatic nitrogens is 1. The largest absolute Gasteiger partial charge is 0.497 e. The van der Waals surface area contributed by atoms with Crippen LogP contribution in [0.4, 0.5) is 5.82 Å². The van der Waals surface area contributed by atoms with Crippen LogP contribution in [0.25, 0.3) is 0 Å². The summed E-state index contributed by atoms with van der Waals surface area (Å²) in [6.07, 6.45) is 1.57. The maximum Gasteiger partial charge on any atom is 0.253 e. The highest BCUT2D eigenvalue weighted by molar-refractivity contribution is 6.31. The average molecular weight is 371 g/mol. The Hall–Kier alpha value is -2.78. The SMILES string of the molecule is COc1ccc(C(=O)N2CCN(c3ncc(Cl)c(C)c3C#N)CC2)cc1. The van der Waals surface area contributed by atoms with Crippen LogP contribution in [0.2, 0.25) is 5.02 Å². The highest BCUT2D eigenvalue weighted by Gasteiger charge is 2.25. The summed E-state index contributed by atoms with van der Waals surface area (Å²) in [5, 5.41) is 9.92. The molecule has 6 nitrogen and oxygen atoms in total. The number of piperazine rings is 1. The van der Waals surface area contributed by atoms with Crippen LogP contribution in [0.1, 0.15) is 21.5 Å². The molecular formula is C19H19ClN4O2. The van der Waals surface area contributed by atoms with E-state index in [9.17, 15) is 10.1 Å². The number of halogens is 1. The van der Waals surface area contributed by atoms with E-state index in [1.54, 1.807) is 37.6 Å². The van der Waals surface area contributed by atoms with Crippen molar-refractivity contribution in [3.8, 4) is 11.8 Å². The molecular weight excluding hydrogens is 352 g/mol. The van der Waals surface area contributed by atoms with Crippen molar-refractivity contribution in [1.29, 1.82) is 5.26 Å². The van der Waals surface area contributed by atoms with Crippen molar-refractivity contribution in [3.63, 3.8) is 0 Å². The molecule has 2 heterocycles. The van der Waals surface area contributed by atoms with E-state index in [4.69, 9.17) is 16.3 Å². The van der Waals surface area contributed by atoms with Gasteiger partial charge in [0, 0.05) is 37.9 Å². The molecule has 1 saturated heterocycles. The van der Waals surface area contributed by atoms with Gasteiger partial charge in [-0.25, -0.2) is 4.98 Å². The fourth-order valence-corrected chi connectivity index (χ4v) is 3.12. The molecule has 7 heteroatoms. The first-order valence-corrected chi connectivity index (χ1v) is 8.66. The first-order chi connectivity index (χ1) is 12.5. The van der Waals surface area contributed by atoms with Gasteiger partial charge in [-0.1, -0.05) is 11.6 Å². The lowest BCUT2D eigenvalue weighted by molar-refractivity contribution is 0.0746. The van der Waals surface area contributed by atoms with Crippen molar-refractivity contribution in [1.82, 2.24) is 9.88 Å². The number of benzene rings is 1. The van der Waals surface area contributed by atoms with Crippen LogP contribution in [0, 0.1) is 18.3 Å². The molecule has 1 aromatic carbocycles. The van der Waals surface area contributed by atoms with Crippen LogP contribution in [-0.4, -0.2) is 49.1 Å². The van der Waals surface area contributed by atoms with E-state index < -0.39 is 0 Å². The number of nitrogens with zero attached hydrogens (tertiary/aromatic N) is 4. The lowest BCUT2D eigenvalue weighted by atomic mass is 10.1. The monoisotopic (exact) mass is 370 g/mol.